The van der Waals surface area contributed by atoms with Gasteiger partial charge in [0.1, 0.15) is 16.7 Å². The Balaban J connectivity index is 2.25. The van der Waals surface area contributed by atoms with Gasteiger partial charge in [0.25, 0.3) is 0 Å². The number of nitrogens with zero attached hydrogens (tertiary/aromatic N) is 4. The number of halogens is 1. The number of rotatable bonds is 3. The fourth-order valence-corrected chi connectivity index (χ4v) is 2.38. The molecule has 0 spiro atoms. The summed E-state index contributed by atoms with van der Waals surface area (Å²) in [6.45, 7) is 4.41. The van der Waals surface area contributed by atoms with Gasteiger partial charge in [-0.15, -0.1) is 10.2 Å². The van der Waals surface area contributed by atoms with E-state index < -0.39 is 0 Å². The third kappa shape index (κ3) is 2.10. The third-order valence-corrected chi connectivity index (χ3v) is 3.15. The van der Waals surface area contributed by atoms with Crippen LogP contribution in [0.25, 0.3) is 17.0 Å². The Bertz CT molecular complexity index is 769. The first-order valence-electron chi connectivity index (χ1n) is 6.31. The molecule has 0 N–H and O–H groups in total. The van der Waals surface area contributed by atoms with Crippen LogP contribution >= 0.6 is 11.6 Å². The van der Waals surface area contributed by atoms with Crippen molar-refractivity contribution in [2.45, 2.75) is 13.8 Å². The predicted octanol–water partition coefficient (Wildman–Crippen LogP) is 3.15. The van der Waals surface area contributed by atoms with Gasteiger partial charge in [-0.25, -0.2) is 4.98 Å². The lowest BCUT2D eigenvalue weighted by molar-refractivity contribution is 0.341. The van der Waals surface area contributed by atoms with E-state index in [-0.39, 0.29) is 0 Å². The quantitative estimate of drug-likeness (QED) is 0.695. The standard InChI is InChI=1S/C14H13ClN4O/c1-3-20-11-7-5-4-6-10(11)14-18-17-13-8-12(15)16-9(2)19(13)14/h4-8H,3H2,1-2H3. The fourth-order valence-electron chi connectivity index (χ4n) is 2.16. The number of hydrogen-bond donors (Lipinski definition) is 0. The maximum Gasteiger partial charge on any atom is 0.173 e. The Morgan fingerprint density at radius 1 is 1.25 bits per heavy atom. The van der Waals surface area contributed by atoms with Crippen LogP contribution in [-0.4, -0.2) is 26.2 Å². The van der Waals surface area contributed by atoms with Crippen LogP contribution in [0.5, 0.6) is 5.75 Å². The van der Waals surface area contributed by atoms with Crippen LogP contribution in [-0.2, 0) is 0 Å². The summed E-state index contributed by atoms with van der Waals surface area (Å²) < 4.78 is 7.51. The van der Waals surface area contributed by atoms with Crippen molar-refractivity contribution in [2.75, 3.05) is 6.61 Å². The van der Waals surface area contributed by atoms with Crippen LogP contribution in [0.3, 0.4) is 0 Å². The first kappa shape index (κ1) is 12.9. The van der Waals surface area contributed by atoms with Gasteiger partial charge in [-0.2, -0.15) is 0 Å². The third-order valence-electron chi connectivity index (χ3n) is 2.96. The van der Waals surface area contributed by atoms with Gasteiger partial charge in [0, 0.05) is 6.07 Å². The van der Waals surface area contributed by atoms with Crippen LogP contribution in [0.1, 0.15) is 12.7 Å². The van der Waals surface area contributed by atoms with Crippen molar-refractivity contribution in [2.24, 2.45) is 0 Å². The molecule has 0 radical (unpaired) electrons. The Hall–Kier alpha value is -2.14. The van der Waals surface area contributed by atoms with Crippen molar-refractivity contribution in [3.05, 3.63) is 41.3 Å². The van der Waals surface area contributed by atoms with Crippen molar-refractivity contribution < 1.29 is 4.74 Å². The highest BCUT2D eigenvalue weighted by atomic mass is 35.5. The second kappa shape index (κ2) is 5.09. The van der Waals surface area contributed by atoms with E-state index >= 15 is 0 Å². The van der Waals surface area contributed by atoms with E-state index in [0.717, 1.165) is 17.1 Å². The summed E-state index contributed by atoms with van der Waals surface area (Å²) in [5.41, 5.74) is 1.55. The van der Waals surface area contributed by atoms with E-state index in [2.05, 4.69) is 15.2 Å². The summed E-state index contributed by atoms with van der Waals surface area (Å²) in [5, 5.41) is 8.80. The minimum absolute atomic E-state index is 0.409. The zero-order valence-electron chi connectivity index (χ0n) is 11.2. The van der Waals surface area contributed by atoms with Gasteiger partial charge in [-0.3, -0.25) is 4.40 Å². The van der Waals surface area contributed by atoms with Gasteiger partial charge in [0.2, 0.25) is 0 Å². The van der Waals surface area contributed by atoms with Crippen LogP contribution in [0, 0.1) is 6.92 Å². The van der Waals surface area contributed by atoms with Gasteiger partial charge >= 0.3 is 0 Å². The van der Waals surface area contributed by atoms with Crippen molar-refractivity contribution in [3.63, 3.8) is 0 Å². The Morgan fingerprint density at radius 3 is 2.85 bits per heavy atom. The van der Waals surface area contributed by atoms with Crippen LogP contribution < -0.4 is 4.74 Å². The van der Waals surface area contributed by atoms with Crippen molar-refractivity contribution in [1.29, 1.82) is 0 Å². The highest BCUT2D eigenvalue weighted by Gasteiger charge is 2.15. The molecule has 0 aliphatic rings. The molecule has 20 heavy (non-hydrogen) atoms. The monoisotopic (exact) mass is 288 g/mol. The zero-order valence-corrected chi connectivity index (χ0v) is 11.9. The van der Waals surface area contributed by atoms with Gasteiger partial charge in [-0.05, 0) is 26.0 Å². The smallest absolute Gasteiger partial charge is 0.173 e. The molecule has 0 atom stereocenters. The summed E-state index contributed by atoms with van der Waals surface area (Å²) in [7, 11) is 0. The summed E-state index contributed by atoms with van der Waals surface area (Å²) in [6, 6.07) is 9.43. The first-order valence-corrected chi connectivity index (χ1v) is 6.69. The number of fused-ring (bicyclic) bond motifs is 1. The number of aromatic nitrogens is 4. The number of para-hydroxylation sites is 1. The number of hydrogen-bond acceptors (Lipinski definition) is 4. The van der Waals surface area contributed by atoms with E-state index in [1.54, 1.807) is 6.07 Å². The summed E-state index contributed by atoms with van der Waals surface area (Å²) in [5.74, 6) is 2.21. The zero-order chi connectivity index (χ0) is 14.1. The van der Waals surface area contributed by atoms with Crippen molar-refractivity contribution in [3.8, 4) is 17.1 Å². The number of ether oxygens (including phenoxy) is 1. The maximum absolute atomic E-state index is 5.94. The van der Waals surface area contributed by atoms with Crippen molar-refractivity contribution >= 4 is 17.2 Å². The molecule has 0 amide bonds. The van der Waals surface area contributed by atoms with Gasteiger partial charge in [-0.1, -0.05) is 23.7 Å². The highest BCUT2D eigenvalue weighted by Crippen LogP contribution is 2.29. The molecule has 102 valence electrons. The lowest BCUT2D eigenvalue weighted by atomic mass is 10.2. The van der Waals surface area contributed by atoms with E-state index in [4.69, 9.17) is 16.3 Å². The van der Waals surface area contributed by atoms with Crippen LogP contribution in [0.4, 0.5) is 0 Å². The van der Waals surface area contributed by atoms with E-state index in [0.29, 0.717) is 23.2 Å². The molecular formula is C14H13ClN4O. The maximum atomic E-state index is 5.94. The molecule has 1 aromatic carbocycles. The molecule has 5 nitrogen and oxygen atoms in total. The molecule has 3 rings (SSSR count). The average molecular weight is 289 g/mol. The molecule has 0 saturated heterocycles. The summed E-state index contributed by atoms with van der Waals surface area (Å²) in [6.07, 6.45) is 0. The average Bonchev–Trinajstić information content (AvgIpc) is 2.83. The molecule has 2 heterocycles. The largest absolute Gasteiger partial charge is 0.493 e. The van der Waals surface area contributed by atoms with E-state index in [9.17, 15) is 0 Å². The lowest BCUT2D eigenvalue weighted by Crippen LogP contribution is -2.00. The molecule has 6 heteroatoms. The van der Waals surface area contributed by atoms with E-state index in [1.807, 2.05) is 42.5 Å². The fraction of sp³-hybridized carbons (Fsp3) is 0.214. The topological polar surface area (TPSA) is 52.3 Å². The minimum Gasteiger partial charge on any atom is -0.493 e. The molecule has 0 saturated carbocycles. The Labute approximate surface area is 121 Å². The SMILES string of the molecule is CCOc1ccccc1-c1nnc2cc(Cl)nc(C)n12. The lowest BCUT2D eigenvalue weighted by Gasteiger charge is -2.09. The number of aryl methyl sites for hydroxylation is 1. The van der Waals surface area contributed by atoms with Gasteiger partial charge in [0.05, 0.1) is 12.2 Å². The molecule has 0 aliphatic heterocycles. The van der Waals surface area contributed by atoms with Gasteiger partial charge < -0.3 is 4.74 Å². The Kier molecular flexibility index (Phi) is 3.28. The molecule has 0 fully saturated rings. The predicted molar refractivity (Wildman–Crippen MR) is 77.1 cm³/mol. The summed E-state index contributed by atoms with van der Waals surface area (Å²) >= 11 is 5.94. The van der Waals surface area contributed by atoms with Crippen LogP contribution in [0.15, 0.2) is 30.3 Å². The second-order valence-electron chi connectivity index (χ2n) is 4.27. The molecule has 3 aromatic rings. The van der Waals surface area contributed by atoms with Gasteiger partial charge in [0.15, 0.2) is 11.5 Å². The molecular weight excluding hydrogens is 276 g/mol. The second-order valence-corrected chi connectivity index (χ2v) is 4.66. The normalized spacial score (nSPS) is 10.9. The minimum atomic E-state index is 0.409. The molecule has 0 aliphatic carbocycles. The van der Waals surface area contributed by atoms with Crippen LogP contribution in [0.2, 0.25) is 5.15 Å². The highest BCUT2D eigenvalue weighted by molar-refractivity contribution is 6.29. The van der Waals surface area contributed by atoms with E-state index in [1.165, 1.54) is 0 Å². The summed E-state index contributed by atoms with van der Waals surface area (Å²) in [4.78, 5) is 4.24. The van der Waals surface area contributed by atoms with Crippen molar-refractivity contribution in [1.82, 2.24) is 19.6 Å². The molecule has 0 bridgehead atoms. The number of benzene rings is 1. The first-order chi connectivity index (χ1) is 9.70. The molecule has 2 aromatic heterocycles. The Morgan fingerprint density at radius 2 is 2.05 bits per heavy atom. The molecule has 0 unspecified atom stereocenters.